The van der Waals surface area contributed by atoms with Crippen LogP contribution in [0.5, 0.6) is 0 Å². The van der Waals surface area contributed by atoms with E-state index in [1.807, 2.05) is 4.98 Å². The Bertz CT molecular complexity index is 499. The minimum absolute atomic E-state index is 0.296. The van der Waals surface area contributed by atoms with Gasteiger partial charge in [0.1, 0.15) is 0 Å². The summed E-state index contributed by atoms with van der Waals surface area (Å²) < 4.78 is 5.39. The quantitative estimate of drug-likeness (QED) is 0.610. The zero-order valence-electron chi connectivity index (χ0n) is 8.89. The molecule has 0 amide bonds. The van der Waals surface area contributed by atoms with Crippen LogP contribution in [-0.2, 0) is 16.1 Å². The second kappa shape index (κ2) is 4.31. The number of aromatic nitrogens is 2. The third-order valence-corrected chi connectivity index (χ3v) is 2.00. The van der Waals surface area contributed by atoms with Crippen LogP contribution in [0, 0.1) is 0 Å². The van der Waals surface area contributed by atoms with Gasteiger partial charge in [0, 0.05) is 12.3 Å². The molecular weight excluding hydrogens is 216 g/mol. The number of esters is 1. The van der Waals surface area contributed by atoms with E-state index in [2.05, 4.69) is 4.74 Å². The molecule has 0 aliphatic carbocycles. The van der Waals surface area contributed by atoms with E-state index in [0.29, 0.717) is 0 Å². The number of H-pyrrole nitrogens is 1. The molecule has 7 heteroatoms. The van der Waals surface area contributed by atoms with E-state index in [9.17, 15) is 19.5 Å². The molecule has 0 aliphatic heterocycles. The smallest absolute Gasteiger partial charge is 0.339 e. The van der Waals surface area contributed by atoms with Crippen molar-refractivity contribution in [2.75, 3.05) is 7.11 Å². The number of ether oxygens (including phenoxy) is 1. The molecule has 1 rings (SSSR count). The summed E-state index contributed by atoms with van der Waals surface area (Å²) in [5.74, 6) is -0.856. The predicted octanol–water partition coefficient (Wildman–Crippen LogP) is -1.54. The van der Waals surface area contributed by atoms with Gasteiger partial charge in [-0.3, -0.25) is 14.3 Å². The Morgan fingerprint density at radius 2 is 2.25 bits per heavy atom. The van der Waals surface area contributed by atoms with Crippen molar-refractivity contribution in [1.82, 2.24) is 9.55 Å². The molecule has 0 aliphatic rings. The third-order valence-electron chi connectivity index (χ3n) is 2.00. The fourth-order valence-electron chi connectivity index (χ4n) is 1.18. The lowest BCUT2D eigenvalue weighted by molar-refractivity contribution is -0.161. The van der Waals surface area contributed by atoms with Crippen LogP contribution in [0.3, 0.4) is 0 Å². The van der Waals surface area contributed by atoms with E-state index in [4.69, 9.17) is 0 Å². The van der Waals surface area contributed by atoms with Gasteiger partial charge in [-0.15, -0.1) is 0 Å². The first-order valence-electron chi connectivity index (χ1n) is 4.47. The summed E-state index contributed by atoms with van der Waals surface area (Å²) in [6.45, 7) is 0.922. The van der Waals surface area contributed by atoms with Crippen molar-refractivity contribution in [1.29, 1.82) is 0 Å². The number of carbonyl (C=O) groups is 1. The lowest BCUT2D eigenvalue weighted by Crippen LogP contribution is -2.44. The molecule has 0 bridgehead atoms. The highest BCUT2D eigenvalue weighted by atomic mass is 16.5. The summed E-state index contributed by atoms with van der Waals surface area (Å²) in [6, 6.07) is 1.12. The number of rotatable bonds is 3. The molecule has 1 aromatic heterocycles. The zero-order valence-corrected chi connectivity index (χ0v) is 8.89. The lowest BCUT2D eigenvalue weighted by atomic mass is 10.1. The number of aliphatic hydroxyl groups is 1. The number of nitrogens with zero attached hydrogens (tertiary/aromatic N) is 1. The van der Waals surface area contributed by atoms with Crippen molar-refractivity contribution >= 4 is 5.97 Å². The van der Waals surface area contributed by atoms with Crippen LogP contribution in [0.4, 0.5) is 0 Å². The minimum atomic E-state index is -1.82. The summed E-state index contributed by atoms with van der Waals surface area (Å²) in [5.41, 5.74) is -3.06. The molecule has 0 fully saturated rings. The second-order valence-corrected chi connectivity index (χ2v) is 3.50. The highest BCUT2D eigenvalue weighted by Gasteiger charge is 2.32. The molecule has 0 spiro atoms. The lowest BCUT2D eigenvalue weighted by Gasteiger charge is -2.20. The van der Waals surface area contributed by atoms with Crippen molar-refractivity contribution in [2.24, 2.45) is 0 Å². The molecule has 16 heavy (non-hydrogen) atoms. The molecule has 1 atom stereocenters. The van der Waals surface area contributed by atoms with Crippen molar-refractivity contribution in [3.05, 3.63) is 33.1 Å². The average molecular weight is 228 g/mol. The Kier molecular flexibility index (Phi) is 3.28. The number of nitrogens with one attached hydrogen (secondary N) is 1. The first kappa shape index (κ1) is 12.2. The van der Waals surface area contributed by atoms with Gasteiger partial charge < -0.3 is 9.84 Å². The summed E-state index contributed by atoms with van der Waals surface area (Å²) >= 11 is 0. The average Bonchev–Trinajstić information content (AvgIpc) is 2.21. The van der Waals surface area contributed by atoms with Crippen LogP contribution in [0.2, 0.25) is 0 Å². The molecule has 1 heterocycles. The fourth-order valence-corrected chi connectivity index (χ4v) is 1.18. The van der Waals surface area contributed by atoms with E-state index in [1.54, 1.807) is 0 Å². The third kappa shape index (κ3) is 2.57. The van der Waals surface area contributed by atoms with Crippen molar-refractivity contribution in [3.8, 4) is 0 Å². The van der Waals surface area contributed by atoms with E-state index >= 15 is 0 Å². The number of methoxy groups -OCH3 is 1. The monoisotopic (exact) mass is 228 g/mol. The number of hydrogen-bond acceptors (Lipinski definition) is 5. The van der Waals surface area contributed by atoms with Gasteiger partial charge in [0.25, 0.3) is 5.56 Å². The Hall–Kier alpha value is -1.89. The van der Waals surface area contributed by atoms with Gasteiger partial charge >= 0.3 is 11.7 Å². The van der Waals surface area contributed by atoms with Crippen LogP contribution in [0.25, 0.3) is 0 Å². The SMILES string of the molecule is COC(=O)C(C)(O)Cn1ccc(=O)[nH]c1=O. The highest BCUT2D eigenvalue weighted by molar-refractivity contribution is 5.78. The van der Waals surface area contributed by atoms with Gasteiger partial charge in [-0.05, 0) is 6.92 Å². The van der Waals surface area contributed by atoms with Gasteiger partial charge in [-0.2, -0.15) is 0 Å². The van der Waals surface area contributed by atoms with Crippen LogP contribution >= 0.6 is 0 Å². The molecule has 88 valence electrons. The number of aromatic amines is 1. The Morgan fingerprint density at radius 1 is 1.62 bits per heavy atom. The molecule has 0 radical (unpaired) electrons. The van der Waals surface area contributed by atoms with Gasteiger partial charge in [0.2, 0.25) is 0 Å². The first-order valence-corrected chi connectivity index (χ1v) is 4.47. The summed E-state index contributed by atoms with van der Waals surface area (Å²) in [7, 11) is 1.13. The van der Waals surface area contributed by atoms with E-state index < -0.39 is 22.8 Å². The standard InChI is InChI=1S/C9H12N2O5/c1-9(15,7(13)16-2)5-11-4-3-6(12)10-8(11)14/h3-4,15H,5H2,1-2H3,(H,10,12,14). The maximum absolute atomic E-state index is 11.3. The van der Waals surface area contributed by atoms with Crippen LogP contribution in [0.15, 0.2) is 21.9 Å². The van der Waals surface area contributed by atoms with E-state index in [1.165, 1.54) is 13.1 Å². The summed E-state index contributed by atoms with van der Waals surface area (Å²) in [4.78, 5) is 35.2. The van der Waals surface area contributed by atoms with Crippen LogP contribution in [-0.4, -0.2) is 33.3 Å². The molecule has 7 nitrogen and oxygen atoms in total. The maximum atomic E-state index is 11.3. The van der Waals surface area contributed by atoms with Crippen molar-refractivity contribution in [2.45, 2.75) is 19.1 Å². The molecular formula is C9H12N2O5. The second-order valence-electron chi connectivity index (χ2n) is 3.50. The fraction of sp³-hybridized carbons (Fsp3) is 0.444. The van der Waals surface area contributed by atoms with Crippen LogP contribution < -0.4 is 11.2 Å². The van der Waals surface area contributed by atoms with Crippen molar-refractivity contribution < 1.29 is 14.6 Å². The molecule has 2 N–H and O–H groups in total. The molecule has 0 saturated heterocycles. The summed E-state index contributed by atoms with van der Waals surface area (Å²) in [6.07, 6.45) is 1.19. The van der Waals surface area contributed by atoms with Crippen LogP contribution in [0.1, 0.15) is 6.92 Å². The highest BCUT2D eigenvalue weighted by Crippen LogP contribution is 2.07. The Labute approximate surface area is 90.3 Å². The Morgan fingerprint density at radius 3 is 2.75 bits per heavy atom. The topological polar surface area (TPSA) is 101 Å². The first-order chi connectivity index (χ1) is 7.36. The van der Waals surface area contributed by atoms with Gasteiger partial charge in [-0.1, -0.05) is 0 Å². The molecule has 0 aromatic carbocycles. The molecule has 1 unspecified atom stereocenters. The molecule has 0 saturated carbocycles. The minimum Gasteiger partial charge on any atom is -0.467 e. The van der Waals surface area contributed by atoms with Gasteiger partial charge in [0.15, 0.2) is 5.60 Å². The Balaban J connectivity index is 3.01. The normalized spacial score (nSPS) is 14.2. The number of hydrogen-bond donors (Lipinski definition) is 2. The van der Waals surface area contributed by atoms with Crippen molar-refractivity contribution in [3.63, 3.8) is 0 Å². The summed E-state index contributed by atoms with van der Waals surface area (Å²) in [5, 5.41) is 9.70. The van der Waals surface area contributed by atoms with E-state index in [-0.39, 0.29) is 6.54 Å². The van der Waals surface area contributed by atoms with Gasteiger partial charge in [0.05, 0.1) is 13.7 Å². The predicted molar refractivity (Wildman–Crippen MR) is 54.0 cm³/mol. The maximum Gasteiger partial charge on any atom is 0.339 e. The molecule has 1 aromatic rings. The number of carbonyl (C=O) groups excluding carboxylic acids is 1. The largest absolute Gasteiger partial charge is 0.467 e. The van der Waals surface area contributed by atoms with Gasteiger partial charge in [-0.25, -0.2) is 9.59 Å². The van der Waals surface area contributed by atoms with E-state index in [0.717, 1.165) is 17.7 Å². The zero-order chi connectivity index (χ0) is 12.3.